The van der Waals surface area contributed by atoms with Crippen molar-refractivity contribution < 1.29 is 38.5 Å². The third kappa shape index (κ3) is 7.33. The molecule has 1 aromatic carbocycles. The number of amides is 3. The summed E-state index contributed by atoms with van der Waals surface area (Å²) in [5.74, 6) is -1.62. The van der Waals surface area contributed by atoms with Gasteiger partial charge in [0, 0.05) is 47.2 Å². The number of hydrogen-bond acceptors (Lipinski definition) is 11. The molecule has 54 heavy (non-hydrogen) atoms. The SMILES string of the molecule is C=C[C@@H]1C[C@]1(NC(=O)[C@@H]1C[C@@H](Oc2cc(-c3csc(NC(C)C)n3)nc3c4c(ccc23)OCC4)CN1C(=O)[C@@H](NC(=O)OC1CCCC1)C(=C)C)C(=O)O. The van der Waals surface area contributed by atoms with Crippen LogP contribution in [-0.2, 0) is 25.5 Å². The molecular formula is C39H46N6O8S. The number of benzene rings is 1. The summed E-state index contributed by atoms with van der Waals surface area (Å²) in [7, 11) is 0. The van der Waals surface area contributed by atoms with Crippen molar-refractivity contribution in [3.8, 4) is 22.9 Å². The highest BCUT2D eigenvalue weighted by atomic mass is 32.1. The van der Waals surface area contributed by atoms with E-state index in [-0.39, 0.29) is 31.5 Å². The van der Waals surface area contributed by atoms with Crippen LogP contribution in [0.1, 0.15) is 64.9 Å². The summed E-state index contributed by atoms with van der Waals surface area (Å²) < 4.78 is 18.2. The molecular weight excluding hydrogens is 713 g/mol. The number of carboxylic acids is 1. The Hall–Kier alpha value is -5.18. The quantitative estimate of drug-likeness (QED) is 0.168. The molecule has 0 spiro atoms. The molecule has 3 amide bonds. The Kier molecular flexibility index (Phi) is 10.3. The molecule has 4 aliphatic rings. The molecule has 1 saturated heterocycles. The van der Waals surface area contributed by atoms with Crippen LogP contribution in [0.2, 0.25) is 0 Å². The maximum atomic E-state index is 14.4. The number of hydrogen-bond donors (Lipinski definition) is 4. The average Bonchev–Trinajstić information content (AvgIpc) is 3.74. The summed E-state index contributed by atoms with van der Waals surface area (Å²) in [5.41, 5.74) is 1.75. The van der Waals surface area contributed by atoms with Crippen LogP contribution in [0.3, 0.4) is 0 Å². The lowest BCUT2D eigenvalue weighted by Crippen LogP contribution is -2.56. The molecule has 5 atom stereocenters. The number of pyridine rings is 1. The van der Waals surface area contributed by atoms with E-state index in [1.54, 1.807) is 6.92 Å². The van der Waals surface area contributed by atoms with E-state index in [2.05, 4.69) is 29.1 Å². The minimum absolute atomic E-state index is 0.0304. The van der Waals surface area contributed by atoms with Crippen LogP contribution in [0.5, 0.6) is 11.5 Å². The second-order valence-corrected chi connectivity index (χ2v) is 15.8. The Bertz CT molecular complexity index is 2010. The van der Waals surface area contributed by atoms with Gasteiger partial charge in [-0.15, -0.1) is 17.9 Å². The Balaban J connectivity index is 1.20. The fraction of sp³-hybridized carbons (Fsp3) is 0.487. The van der Waals surface area contributed by atoms with Crippen LogP contribution < -0.4 is 25.4 Å². The molecule has 3 fully saturated rings. The number of carboxylic acid groups (broad SMARTS) is 1. The van der Waals surface area contributed by atoms with Crippen molar-refractivity contribution in [1.29, 1.82) is 0 Å². The molecule has 3 aromatic rings. The zero-order valence-electron chi connectivity index (χ0n) is 30.7. The van der Waals surface area contributed by atoms with Gasteiger partial charge in [0.05, 0.1) is 24.4 Å². The number of rotatable bonds is 13. The summed E-state index contributed by atoms with van der Waals surface area (Å²) in [6.45, 7) is 13.9. The molecule has 7 rings (SSSR count). The number of alkyl carbamates (subject to hydrolysis) is 1. The minimum Gasteiger partial charge on any atom is -0.493 e. The number of thiazole rings is 1. The standard InChI is InChI=1S/C39H46N6O8S/c1-6-22-17-39(22,36(48)49)44-34(46)29-15-24(18-45(29)35(47)32(20(2)3)43-38(50)53-23-9-7-8-10-23)52-31-16-27(28-19-54-37(42-28)40-21(4)5)41-33-25(31)11-12-30-26(33)13-14-51-30/h6,11-12,16,19,21-24,29,32H,1-2,7-10,13-15,17-18H2,3-5H3,(H,40,42)(H,43,50)(H,44,46)(H,48,49)/t22-,24-,29+,32+,39-/m1/s1. The fourth-order valence-electron chi connectivity index (χ4n) is 7.62. The van der Waals surface area contributed by atoms with E-state index in [9.17, 15) is 24.3 Å². The molecule has 0 radical (unpaired) electrons. The topological polar surface area (TPSA) is 181 Å². The Morgan fingerprint density at radius 2 is 1.93 bits per heavy atom. The Morgan fingerprint density at radius 1 is 1.15 bits per heavy atom. The van der Waals surface area contributed by atoms with Gasteiger partial charge in [0.1, 0.15) is 47.0 Å². The molecule has 286 valence electrons. The molecule has 0 bridgehead atoms. The monoisotopic (exact) mass is 758 g/mol. The molecule has 2 saturated carbocycles. The van der Waals surface area contributed by atoms with Crippen LogP contribution in [0.15, 0.2) is 48.4 Å². The second-order valence-electron chi connectivity index (χ2n) is 14.9. The van der Waals surface area contributed by atoms with Gasteiger partial charge in [0.2, 0.25) is 11.8 Å². The van der Waals surface area contributed by atoms with Crippen LogP contribution >= 0.6 is 11.3 Å². The average molecular weight is 759 g/mol. The zero-order valence-corrected chi connectivity index (χ0v) is 31.5. The summed E-state index contributed by atoms with van der Waals surface area (Å²) in [5, 5.41) is 22.2. The van der Waals surface area contributed by atoms with E-state index in [1.165, 1.54) is 22.3 Å². The molecule has 0 unspecified atom stereocenters. The molecule has 15 heteroatoms. The summed E-state index contributed by atoms with van der Waals surface area (Å²) >= 11 is 1.47. The van der Waals surface area contributed by atoms with Crippen LogP contribution in [0, 0.1) is 5.92 Å². The maximum absolute atomic E-state index is 14.4. The van der Waals surface area contributed by atoms with Gasteiger partial charge in [0.15, 0.2) is 5.13 Å². The van der Waals surface area contributed by atoms with E-state index in [4.69, 9.17) is 24.2 Å². The number of ether oxygens (including phenoxy) is 3. The minimum atomic E-state index is -1.51. The molecule has 2 aliphatic carbocycles. The van der Waals surface area contributed by atoms with E-state index in [0.29, 0.717) is 41.3 Å². The smallest absolute Gasteiger partial charge is 0.408 e. The van der Waals surface area contributed by atoms with Crippen molar-refractivity contribution in [2.75, 3.05) is 18.5 Å². The van der Waals surface area contributed by atoms with Crippen LogP contribution in [-0.4, -0.2) is 92.9 Å². The van der Waals surface area contributed by atoms with Crippen molar-refractivity contribution >= 4 is 51.2 Å². The highest BCUT2D eigenvalue weighted by molar-refractivity contribution is 7.14. The lowest BCUT2D eigenvalue weighted by Gasteiger charge is -2.29. The number of anilines is 1. The highest BCUT2D eigenvalue weighted by Crippen LogP contribution is 2.45. The van der Waals surface area contributed by atoms with Gasteiger partial charge < -0.3 is 40.2 Å². The summed E-state index contributed by atoms with van der Waals surface area (Å²) in [4.78, 5) is 64.8. The molecule has 4 N–H and O–H groups in total. The van der Waals surface area contributed by atoms with Crippen molar-refractivity contribution in [3.05, 3.63) is 53.9 Å². The van der Waals surface area contributed by atoms with Gasteiger partial charge in [-0.05, 0) is 70.6 Å². The van der Waals surface area contributed by atoms with E-state index in [1.807, 2.05) is 37.4 Å². The first-order valence-electron chi connectivity index (χ1n) is 18.5. The number of likely N-dealkylation sites (tertiary alicyclic amines) is 1. The Morgan fingerprint density at radius 3 is 2.61 bits per heavy atom. The summed E-state index contributed by atoms with van der Waals surface area (Å²) in [6.07, 6.45) is 4.17. The molecule has 14 nitrogen and oxygen atoms in total. The molecule has 2 aromatic heterocycles. The molecule has 2 aliphatic heterocycles. The van der Waals surface area contributed by atoms with E-state index in [0.717, 1.165) is 47.5 Å². The normalized spacial score (nSPS) is 23.7. The number of carbonyl (C=O) groups excluding carboxylic acids is 3. The first-order chi connectivity index (χ1) is 25.9. The van der Waals surface area contributed by atoms with Gasteiger partial charge in [-0.3, -0.25) is 9.59 Å². The third-order valence-electron chi connectivity index (χ3n) is 10.5. The zero-order chi connectivity index (χ0) is 38.3. The first kappa shape index (κ1) is 37.1. The predicted octanol–water partition coefficient (Wildman–Crippen LogP) is 5.22. The van der Waals surface area contributed by atoms with E-state index < -0.39 is 53.5 Å². The third-order valence-corrected chi connectivity index (χ3v) is 11.3. The number of aromatic nitrogens is 2. The number of nitrogens with zero attached hydrogens (tertiary/aromatic N) is 3. The number of fused-ring (bicyclic) bond motifs is 3. The number of carbonyl (C=O) groups is 4. The van der Waals surface area contributed by atoms with Gasteiger partial charge in [0.25, 0.3) is 0 Å². The van der Waals surface area contributed by atoms with Crippen molar-refractivity contribution in [2.45, 2.75) is 102 Å². The van der Waals surface area contributed by atoms with Crippen LogP contribution in [0.4, 0.5) is 9.93 Å². The van der Waals surface area contributed by atoms with Crippen LogP contribution in [0.25, 0.3) is 22.3 Å². The van der Waals surface area contributed by atoms with Gasteiger partial charge in [-0.2, -0.15) is 0 Å². The van der Waals surface area contributed by atoms with Crippen molar-refractivity contribution in [1.82, 2.24) is 25.5 Å². The highest BCUT2D eigenvalue weighted by Gasteiger charge is 2.61. The summed E-state index contributed by atoms with van der Waals surface area (Å²) in [6, 6.07) is 3.46. The second kappa shape index (κ2) is 14.9. The lowest BCUT2D eigenvalue weighted by atomic mass is 10.1. The van der Waals surface area contributed by atoms with Crippen molar-refractivity contribution in [3.63, 3.8) is 0 Å². The van der Waals surface area contributed by atoms with Gasteiger partial charge >= 0.3 is 12.1 Å². The van der Waals surface area contributed by atoms with Crippen molar-refractivity contribution in [2.24, 2.45) is 5.92 Å². The first-order valence-corrected chi connectivity index (χ1v) is 19.3. The Labute approximate surface area is 317 Å². The van der Waals surface area contributed by atoms with Gasteiger partial charge in [-0.25, -0.2) is 19.6 Å². The predicted molar refractivity (Wildman–Crippen MR) is 203 cm³/mol. The maximum Gasteiger partial charge on any atom is 0.408 e. The van der Waals surface area contributed by atoms with E-state index >= 15 is 0 Å². The van der Waals surface area contributed by atoms with Gasteiger partial charge in [-0.1, -0.05) is 12.7 Å². The lowest BCUT2D eigenvalue weighted by molar-refractivity contribution is -0.145. The number of aliphatic carboxylic acids is 1. The largest absolute Gasteiger partial charge is 0.493 e. The number of nitrogens with one attached hydrogen (secondary N) is 3. The fourth-order valence-corrected chi connectivity index (χ4v) is 8.47. The molecule has 4 heterocycles.